The van der Waals surface area contributed by atoms with Gasteiger partial charge in [0.15, 0.2) is 0 Å². The maximum atomic E-state index is 12.9. The number of hydrogen-bond acceptors (Lipinski definition) is 8. The lowest BCUT2D eigenvalue weighted by Gasteiger charge is -2.32. The maximum Gasteiger partial charge on any atom is 0.253 e. The van der Waals surface area contributed by atoms with E-state index in [0.29, 0.717) is 36.7 Å². The second kappa shape index (κ2) is 10.5. The minimum atomic E-state index is -3.97. The lowest BCUT2D eigenvalue weighted by molar-refractivity contribution is 0.0648. The molecule has 0 amide bonds. The quantitative estimate of drug-likeness (QED) is 0.484. The number of nitrogens with zero attached hydrogens (tertiary/aromatic N) is 1. The van der Waals surface area contributed by atoms with Crippen molar-refractivity contribution >= 4 is 43.8 Å². The fourth-order valence-electron chi connectivity index (χ4n) is 2.58. The van der Waals surface area contributed by atoms with E-state index in [9.17, 15) is 16.8 Å². The van der Waals surface area contributed by atoms with Crippen molar-refractivity contribution in [1.82, 2.24) is 9.62 Å². The first-order valence-corrected chi connectivity index (χ1v) is 12.0. The van der Waals surface area contributed by atoms with Crippen LogP contribution in [0.25, 0.3) is 0 Å². The van der Waals surface area contributed by atoms with Crippen LogP contribution in [0.5, 0.6) is 0 Å². The molecule has 0 saturated carbocycles. The van der Waals surface area contributed by atoms with Crippen molar-refractivity contribution in [1.29, 1.82) is 0 Å². The molecular weight excluding hydrogens is 438 g/mol. The molecule has 1 atom stereocenters. The summed E-state index contributed by atoms with van der Waals surface area (Å²) in [7, 11) is -6.20. The van der Waals surface area contributed by atoms with Gasteiger partial charge in [-0.25, -0.2) is 22.0 Å². The van der Waals surface area contributed by atoms with Crippen LogP contribution < -0.4 is 10.5 Å². The summed E-state index contributed by atoms with van der Waals surface area (Å²) in [5.74, 6) is 0. The fourth-order valence-corrected chi connectivity index (χ4v) is 6.84. The van der Waals surface area contributed by atoms with E-state index in [1.54, 1.807) is 7.11 Å². The van der Waals surface area contributed by atoms with Crippen molar-refractivity contribution in [2.75, 3.05) is 46.6 Å². The van der Waals surface area contributed by atoms with Gasteiger partial charge in [-0.05, 0) is 19.0 Å². The average Bonchev–Trinajstić information content (AvgIpc) is 3.02. The Hall–Kier alpha value is -0.310. The number of primary sulfonamides is 1. The van der Waals surface area contributed by atoms with Crippen molar-refractivity contribution in [3.8, 4) is 0 Å². The van der Waals surface area contributed by atoms with Crippen LogP contribution in [0.1, 0.15) is 24.9 Å². The molecule has 158 valence electrons. The second-order valence-corrected chi connectivity index (χ2v) is 10.8. The Bertz CT molecular complexity index is 812. The first kappa shape index (κ1) is 24.7. The third-order valence-corrected chi connectivity index (χ3v) is 8.84. The molecule has 1 aromatic rings. The van der Waals surface area contributed by atoms with Crippen LogP contribution >= 0.6 is 23.7 Å². The van der Waals surface area contributed by atoms with Crippen LogP contribution in [0.15, 0.2) is 14.5 Å². The SMILES string of the molecule is CCCNC1CN(CCOCCOC)S(=O)(=O)c2sc(S(N)(=O)=O)cc21.Cl. The highest BCUT2D eigenvalue weighted by Crippen LogP contribution is 2.39. The first-order valence-electron chi connectivity index (χ1n) is 8.18. The molecule has 1 aliphatic rings. The van der Waals surface area contributed by atoms with E-state index in [-0.39, 0.29) is 46.6 Å². The first-order chi connectivity index (χ1) is 12.2. The summed E-state index contributed by atoms with van der Waals surface area (Å²) >= 11 is 0.694. The van der Waals surface area contributed by atoms with Gasteiger partial charge in [-0.15, -0.1) is 23.7 Å². The van der Waals surface area contributed by atoms with Crippen molar-refractivity contribution in [3.63, 3.8) is 0 Å². The average molecular weight is 464 g/mol. The molecule has 2 rings (SSSR count). The molecule has 2 heterocycles. The molecule has 1 unspecified atom stereocenters. The molecular formula is C14H26ClN3O6S3. The summed E-state index contributed by atoms with van der Waals surface area (Å²) in [5.41, 5.74) is 0.462. The van der Waals surface area contributed by atoms with Gasteiger partial charge in [0.25, 0.3) is 10.0 Å². The van der Waals surface area contributed by atoms with Gasteiger partial charge in [0, 0.05) is 31.8 Å². The zero-order valence-corrected chi connectivity index (χ0v) is 18.5. The lowest BCUT2D eigenvalue weighted by atomic mass is 10.1. The molecule has 1 aliphatic heterocycles. The van der Waals surface area contributed by atoms with Crippen molar-refractivity contribution in [2.24, 2.45) is 5.14 Å². The van der Waals surface area contributed by atoms with E-state index in [1.165, 1.54) is 10.4 Å². The van der Waals surface area contributed by atoms with Crippen LogP contribution in [0.4, 0.5) is 0 Å². The molecule has 0 bridgehead atoms. The Morgan fingerprint density at radius 3 is 2.67 bits per heavy atom. The number of rotatable bonds is 10. The molecule has 3 N–H and O–H groups in total. The number of methoxy groups -OCH3 is 1. The van der Waals surface area contributed by atoms with Gasteiger partial charge in [-0.2, -0.15) is 4.31 Å². The van der Waals surface area contributed by atoms with Gasteiger partial charge >= 0.3 is 0 Å². The third-order valence-electron chi connectivity index (χ3n) is 3.88. The van der Waals surface area contributed by atoms with Gasteiger partial charge in [-0.3, -0.25) is 0 Å². The number of fused-ring (bicyclic) bond motifs is 1. The molecule has 0 spiro atoms. The van der Waals surface area contributed by atoms with Crippen LogP contribution in [0.2, 0.25) is 0 Å². The number of thiophene rings is 1. The van der Waals surface area contributed by atoms with Crippen molar-refractivity contribution in [2.45, 2.75) is 27.8 Å². The van der Waals surface area contributed by atoms with Crippen LogP contribution in [0.3, 0.4) is 0 Å². The molecule has 27 heavy (non-hydrogen) atoms. The minimum absolute atomic E-state index is 0. The highest BCUT2D eigenvalue weighted by atomic mass is 35.5. The number of nitrogens with one attached hydrogen (secondary N) is 1. The zero-order chi connectivity index (χ0) is 19.4. The molecule has 1 aromatic heterocycles. The molecule has 0 saturated heterocycles. The van der Waals surface area contributed by atoms with E-state index in [0.717, 1.165) is 6.42 Å². The summed E-state index contributed by atoms with van der Waals surface area (Å²) < 4.78 is 60.5. The van der Waals surface area contributed by atoms with Gasteiger partial charge in [-0.1, -0.05) is 6.92 Å². The lowest BCUT2D eigenvalue weighted by Crippen LogP contribution is -2.44. The van der Waals surface area contributed by atoms with Gasteiger partial charge in [0.2, 0.25) is 10.0 Å². The van der Waals surface area contributed by atoms with Crippen molar-refractivity contribution < 1.29 is 26.3 Å². The topological polar surface area (TPSA) is 128 Å². The van der Waals surface area contributed by atoms with E-state index in [1.807, 2.05) is 6.92 Å². The summed E-state index contributed by atoms with van der Waals surface area (Å²) in [4.78, 5) is 0. The number of halogens is 1. The fraction of sp³-hybridized carbons (Fsp3) is 0.714. The monoisotopic (exact) mass is 463 g/mol. The summed E-state index contributed by atoms with van der Waals surface area (Å²) in [6.07, 6.45) is 0.866. The molecule has 0 aromatic carbocycles. The number of ether oxygens (including phenoxy) is 2. The van der Waals surface area contributed by atoms with E-state index >= 15 is 0 Å². The van der Waals surface area contributed by atoms with E-state index < -0.39 is 20.0 Å². The Morgan fingerprint density at radius 1 is 1.37 bits per heavy atom. The van der Waals surface area contributed by atoms with Crippen LogP contribution in [-0.4, -0.2) is 67.7 Å². The van der Waals surface area contributed by atoms with Crippen LogP contribution in [0, 0.1) is 0 Å². The smallest absolute Gasteiger partial charge is 0.253 e. The van der Waals surface area contributed by atoms with Gasteiger partial charge < -0.3 is 14.8 Å². The zero-order valence-electron chi connectivity index (χ0n) is 15.2. The van der Waals surface area contributed by atoms with E-state index in [4.69, 9.17) is 14.6 Å². The molecule has 13 heteroatoms. The normalized spacial score (nSPS) is 19.4. The van der Waals surface area contributed by atoms with Gasteiger partial charge in [0.05, 0.1) is 19.8 Å². The summed E-state index contributed by atoms with van der Waals surface area (Å²) in [6, 6.07) is 1.08. The predicted molar refractivity (Wildman–Crippen MR) is 105 cm³/mol. The number of hydrogen-bond donors (Lipinski definition) is 2. The highest BCUT2D eigenvalue weighted by Gasteiger charge is 2.39. The Morgan fingerprint density at radius 2 is 2.07 bits per heavy atom. The molecule has 0 fully saturated rings. The predicted octanol–water partition coefficient (Wildman–Crippen LogP) is 0.525. The summed E-state index contributed by atoms with van der Waals surface area (Å²) in [5, 5.41) is 8.46. The molecule has 0 aliphatic carbocycles. The van der Waals surface area contributed by atoms with Crippen molar-refractivity contribution in [3.05, 3.63) is 11.6 Å². The maximum absolute atomic E-state index is 12.9. The summed E-state index contributed by atoms with van der Waals surface area (Å²) in [6.45, 7) is 4.11. The van der Waals surface area contributed by atoms with E-state index in [2.05, 4.69) is 5.32 Å². The minimum Gasteiger partial charge on any atom is -0.382 e. The van der Waals surface area contributed by atoms with Crippen LogP contribution in [-0.2, 0) is 29.5 Å². The largest absolute Gasteiger partial charge is 0.382 e. The van der Waals surface area contributed by atoms with Gasteiger partial charge in [0.1, 0.15) is 8.42 Å². The highest BCUT2D eigenvalue weighted by molar-refractivity contribution is 7.94. The molecule has 0 radical (unpaired) electrons. The number of sulfonamides is 2. The number of nitrogens with two attached hydrogens (primary N) is 1. The third kappa shape index (κ3) is 6.08. The standard InChI is InChI=1S/C14H25N3O6S3.ClH/c1-3-4-16-12-10-17(5-6-23-8-7-22-2)26(20,21)14-11(12)9-13(24-14)25(15,18)19;/h9,12,16H,3-8,10H2,1-2H3,(H2,15,18,19);1H. The molecule has 9 nitrogen and oxygen atoms in total. The Kier molecular flexibility index (Phi) is 9.58. The Labute approximate surface area is 170 Å². The Balaban J connectivity index is 0.00000364. The second-order valence-electron chi connectivity index (χ2n) is 5.83.